The number of carbonyl (C=O) groups excluding carboxylic acids is 2. The lowest BCUT2D eigenvalue weighted by atomic mass is 9.55. The number of aryl methyl sites for hydroxylation is 2. The lowest BCUT2D eigenvalue weighted by Crippen LogP contribution is -2.43. The van der Waals surface area contributed by atoms with Crippen LogP contribution in [0.1, 0.15) is 197 Å². The van der Waals surface area contributed by atoms with Crippen LogP contribution in [0.3, 0.4) is 0 Å². The van der Waals surface area contributed by atoms with E-state index in [4.69, 9.17) is 9.47 Å². The average molecular weight is 1230 g/mol. The highest BCUT2D eigenvalue weighted by molar-refractivity contribution is 7.85. The van der Waals surface area contributed by atoms with E-state index in [-0.39, 0.29) is 41.0 Å². The molecule has 0 radical (unpaired) electrons. The fourth-order valence-corrected chi connectivity index (χ4v) is 19.2. The molecule has 4 fully saturated rings. The van der Waals surface area contributed by atoms with Gasteiger partial charge in [-0.2, -0.15) is 13.0 Å². The molecular formula is C73H89N2O11S2+. The van der Waals surface area contributed by atoms with Crippen molar-refractivity contribution in [3.8, 4) is 11.5 Å². The maximum Gasteiger partial charge on any atom is 0.343 e. The molecule has 0 aromatic heterocycles. The van der Waals surface area contributed by atoms with Crippen molar-refractivity contribution in [1.82, 2.24) is 0 Å². The number of rotatable bonds is 18. The number of ether oxygens (including phenoxy) is 2. The van der Waals surface area contributed by atoms with Crippen molar-refractivity contribution in [2.24, 2.45) is 34.5 Å². The Kier molecular flexibility index (Phi) is 17.3. The minimum absolute atomic E-state index is 0.0110. The topological polar surface area (TPSA) is 191 Å². The Morgan fingerprint density at radius 2 is 1.20 bits per heavy atom. The van der Waals surface area contributed by atoms with Crippen molar-refractivity contribution >= 4 is 50.2 Å². The zero-order chi connectivity index (χ0) is 62.1. The third-order valence-corrected chi connectivity index (χ3v) is 24.4. The first-order chi connectivity index (χ1) is 42.0. The highest BCUT2D eigenvalue weighted by Gasteiger charge is 2.56. The largest absolute Gasteiger partial charge is 0.423 e. The van der Waals surface area contributed by atoms with Crippen LogP contribution in [0.15, 0.2) is 121 Å². The first kappa shape index (κ1) is 62.4. The molecule has 15 heteroatoms. The number of benzene rings is 4. The quantitative estimate of drug-likeness (QED) is 0.0140. The summed E-state index contributed by atoms with van der Waals surface area (Å²) in [6.07, 6.45) is 27.8. The summed E-state index contributed by atoms with van der Waals surface area (Å²) < 4.78 is 68.6. The highest BCUT2D eigenvalue weighted by atomic mass is 32.2. The van der Waals surface area contributed by atoms with Crippen LogP contribution in [0.2, 0.25) is 0 Å². The summed E-state index contributed by atoms with van der Waals surface area (Å²) in [5.41, 5.74) is 10.9. The number of anilines is 1. The van der Waals surface area contributed by atoms with E-state index in [2.05, 4.69) is 87.4 Å². The van der Waals surface area contributed by atoms with E-state index >= 15 is 0 Å². The molecular weight excluding hydrogens is 1140 g/mol. The Bertz CT molecular complexity index is 3710. The molecule has 13 nitrogen and oxygen atoms in total. The summed E-state index contributed by atoms with van der Waals surface area (Å²) in [6, 6.07) is 23.7. The van der Waals surface area contributed by atoms with Crippen LogP contribution < -0.4 is 14.4 Å². The van der Waals surface area contributed by atoms with Gasteiger partial charge in [0.05, 0.1) is 34.5 Å². The second-order valence-electron chi connectivity index (χ2n) is 28.4. The molecule has 4 aromatic rings. The summed E-state index contributed by atoms with van der Waals surface area (Å²) in [6.45, 7) is 14.2. The maximum absolute atomic E-state index is 14.0. The second-order valence-corrected chi connectivity index (χ2v) is 31.0. The van der Waals surface area contributed by atoms with Gasteiger partial charge in [0.2, 0.25) is 5.69 Å². The predicted octanol–water partition coefficient (Wildman–Crippen LogP) is 14.0. The average Bonchev–Trinajstić information content (AvgIpc) is 1.47. The first-order valence-corrected chi connectivity index (χ1v) is 35.4. The zero-order valence-corrected chi connectivity index (χ0v) is 53.7. The summed E-state index contributed by atoms with van der Waals surface area (Å²) in [5, 5.41) is 21.8. The molecule has 0 bridgehead atoms. The Hall–Kier alpha value is -5.81. The highest BCUT2D eigenvalue weighted by Crippen LogP contribution is 2.63. The lowest BCUT2D eigenvalue weighted by molar-refractivity contribution is -0.438. The molecule has 2 aliphatic heterocycles. The van der Waals surface area contributed by atoms with Gasteiger partial charge in [0.25, 0.3) is 10.1 Å². The molecule has 4 aromatic carbocycles. The summed E-state index contributed by atoms with van der Waals surface area (Å²) in [7, 11) is -4.12. The van der Waals surface area contributed by atoms with Gasteiger partial charge in [0.1, 0.15) is 18.0 Å². The van der Waals surface area contributed by atoms with E-state index in [1.165, 1.54) is 22.3 Å². The molecule has 2 heterocycles. The van der Waals surface area contributed by atoms with Crippen LogP contribution in [0.4, 0.5) is 11.4 Å². The van der Waals surface area contributed by atoms with Gasteiger partial charge in [-0.05, 0) is 245 Å². The van der Waals surface area contributed by atoms with Crippen molar-refractivity contribution in [3.05, 3.63) is 166 Å². The molecule has 4 saturated carbocycles. The van der Waals surface area contributed by atoms with Gasteiger partial charge in [-0.25, -0.2) is 13.8 Å². The first-order valence-electron chi connectivity index (χ1n) is 32.5. The number of allylic oxidation sites excluding steroid dienone is 8. The van der Waals surface area contributed by atoms with E-state index in [1.54, 1.807) is 6.07 Å². The number of nitrogens with zero attached hydrogens (tertiary/aromatic N) is 2. The third-order valence-electron chi connectivity index (χ3n) is 22.9. The molecule has 88 heavy (non-hydrogen) atoms. The third kappa shape index (κ3) is 11.7. The smallest absolute Gasteiger partial charge is 0.343 e. The molecule has 11 unspecified atom stereocenters. The number of hydrogen-bond donors (Lipinski definition) is 4. The molecule has 0 amide bonds. The molecule has 0 spiro atoms. The SMILES string of the molecule is CC1(C)C(/C=C/C=C/C=C/C=C2\N(CCCCS(=O)(=O)O)c3ccc(C(=O)Oc4ccc5c(c4)CCC4C5CCC5(C)C(O)CCC45)cc3C2(C)C)=[N+](CCCCS(=O)O)c2ccc(C(=O)Oc3ccc4c(c3)CCC3C4CCC4(C)C(O)CCC34)cc21. The Morgan fingerprint density at radius 1 is 0.648 bits per heavy atom. The Balaban J connectivity index is 0.729. The van der Waals surface area contributed by atoms with Gasteiger partial charge < -0.3 is 29.1 Å². The lowest BCUT2D eigenvalue weighted by Gasteiger charge is -2.50. The van der Waals surface area contributed by atoms with Crippen molar-refractivity contribution in [2.75, 3.05) is 29.5 Å². The number of unbranched alkanes of at least 4 members (excludes halogenated alkanes) is 2. The van der Waals surface area contributed by atoms with Crippen molar-refractivity contribution < 1.29 is 55.6 Å². The van der Waals surface area contributed by atoms with Crippen LogP contribution in [0.25, 0.3) is 0 Å². The van der Waals surface area contributed by atoms with Gasteiger partial charge in [0.15, 0.2) is 16.8 Å². The molecule has 8 aliphatic rings. The maximum atomic E-state index is 14.0. The van der Waals surface area contributed by atoms with Crippen LogP contribution in [0, 0.1) is 34.5 Å². The number of aliphatic hydroxyl groups is 2. The standard InChI is InChI=1S/C73H88N2O11S2/c1-70(2)60-44-48(68(78)85-50-22-26-52-46(42-50)18-24-56-54(52)34-36-72(5)58(56)28-32-66(72)76)20-30-62(60)74(38-12-14-40-87(80)81)64(70)16-10-8-7-9-11-17-65-71(3,4)61-45-49(21-31-63(61)75(65)39-13-15-41-88(82,83)84)69(79)86-51-23-27-53-47(43-51)19-25-57-55(53)35-37-73(6)59(57)29-33-67(73)77/h7-11,16-17,20-23,26-27,30-31,42-45,54-59,66-67,76-77H,12-15,18-19,24-25,28-29,32-41H2,1-6H3,(H-,80,81,82,83,84)/p+1. The summed E-state index contributed by atoms with van der Waals surface area (Å²) in [5.74, 6) is 3.24. The predicted molar refractivity (Wildman–Crippen MR) is 346 cm³/mol. The minimum Gasteiger partial charge on any atom is -0.423 e. The monoisotopic (exact) mass is 1230 g/mol. The van der Waals surface area contributed by atoms with E-state index < -0.39 is 44.0 Å². The molecule has 6 aliphatic carbocycles. The van der Waals surface area contributed by atoms with Gasteiger partial charge >= 0.3 is 11.9 Å². The minimum atomic E-state index is -4.12. The van der Waals surface area contributed by atoms with Crippen molar-refractivity contribution in [3.63, 3.8) is 0 Å². The second kappa shape index (κ2) is 24.4. The van der Waals surface area contributed by atoms with Crippen molar-refractivity contribution in [1.29, 1.82) is 0 Å². The van der Waals surface area contributed by atoms with Crippen LogP contribution >= 0.6 is 0 Å². The molecule has 0 saturated heterocycles. The van der Waals surface area contributed by atoms with E-state index in [0.717, 1.165) is 111 Å². The Labute approximate surface area is 523 Å². The van der Waals surface area contributed by atoms with Crippen LogP contribution in [0.5, 0.6) is 11.5 Å². The van der Waals surface area contributed by atoms with Crippen LogP contribution in [-0.4, -0.2) is 91.0 Å². The van der Waals surface area contributed by atoms with Gasteiger partial charge in [0, 0.05) is 53.2 Å². The van der Waals surface area contributed by atoms with Crippen LogP contribution in [-0.2, 0) is 44.9 Å². The normalized spacial score (nSPS) is 29.8. The van der Waals surface area contributed by atoms with Gasteiger partial charge in [-0.15, -0.1) is 0 Å². The van der Waals surface area contributed by atoms with Gasteiger partial charge in [-0.3, -0.25) is 4.55 Å². The number of fused-ring (bicyclic) bond motifs is 12. The number of esters is 2. The van der Waals surface area contributed by atoms with E-state index in [0.29, 0.717) is 90.5 Å². The molecule has 12 rings (SSSR count). The number of aliphatic hydroxyl groups excluding tert-OH is 2. The molecule has 4 N–H and O–H groups in total. The van der Waals surface area contributed by atoms with Gasteiger partial charge in [-0.1, -0.05) is 70.2 Å². The van der Waals surface area contributed by atoms with Crippen molar-refractivity contribution in [2.45, 2.75) is 179 Å². The van der Waals surface area contributed by atoms with E-state index in [1.807, 2.05) is 72.8 Å². The van der Waals surface area contributed by atoms with E-state index in [9.17, 15) is 41.5 Å². The fraction of sp³-hybridized carbons (Fsp3) is 0.521. The Morgan fingerprint density at radius 3 is 1.78 bits per heavy atom. The number of carbonyl (C=O) groups is 2. The molecule has 468 valence electrons. The number of hydrogen-bond acceptors (Lipinski definition) is 10. The zero-order valence-electron chi connectivity index (χ0n) is 52.1. The summed E-state index contributed by atoms with van der Waals surface area (Å²) >= 11 is -1.89. The molecule has 11 atom stereocenters. The summed E-state index contributed by atoms with van der Waals surface area (Å²) in [4.78, 5) is 30.2. The fourth-order valence-electron chi connectivity index (χ4n) is 18.1.